The summed E-state index contributed by atoms with van der Waals surface area (Å²) in [6, 6.07) is 0. The van der Waals surface area contributed by atoms with Crippen LogP contribution >= 0.6 is 0 Å². The van der Waals surface area contributed by atoms with E-state index in [0.29, 0.717) is 6.61 Å². The smallest absolute Gasteiger partial charge is 0.249 e. The lowest BCUT2D eigenvalue weighted by Crippen LogP contribution is -2.71. The summed E-state index contributed by atoms with van der Waals surface area (Å²) >= 11 is 0. The summed E-state index contributed by atoms with van der Waals surface area (Å²) in [4.78, 5) is 26.7. The molecule has 2 aliphatic heterocycles. The highest BCUT2D eigenvalue weighted by Gasteiger charge is 2.55. The van der Waals surface area contributed by atoms with E-state index in [0.717, 1.165) is 32.1 Å². The van der Waals surface area contributed by atoms with E-state index in [1.165, 1.54) is 0 Å². The van der Waals surface area contributed by atoms with Crippen LogP contribution in [0.2, 0.25) is 0 Å². The normalized spacial score (nSPS) is 38.0. The van der Waals surface area contributed by atoms with Gasteiger partial charge in [-0.3, -0.25) is 9.59 Å². The van der Waals surface area contributed by atoms with E-state index < -0.39 is 5.54 Å². The van der Waals surface area contributed by atoms with Crippen molar-refractivity contribution in [1.29, 1.82) is 0 Å². The molecule has 0 radical (unpaired) electrons. The Hall–Kier alpha value is -1.10. The topological polar surface area (TPSA) is 58.6 Å². The van der Waals surface area contributed by atoms with Crippen LogP contribution in [0.25, 0.3) is 0 Å². The quantitative estimate of drug-likeness (QED) is 0.764. The molecular weight excluding hydrogens is 244 g/mol. The number of nitrogens with one attached hydrogen (secondary N) is 1. The van der Waals surface area contributed by atoms with Crippen molar-refractivity contribution in [2.75, 3.05) is 13.2 Å². The third kappa shape index (κ3) is 1.78. The Bertz CT molecular complexity index is 417. The molecular formula is C14H22N2O3. The molecule has 19 heavy (non-hydrogen) atoms. The summed E-state index contributed by atoms with van der Waals surface area (Å²) in [6.07, 6.45) is 4.38. The van der Waals surface area contributed by atoms with Gasteiger partial charge < -0.3 is 15.0 Å². The SMILES string of the molecule is CC1OCCC1(C)N1CC(=O)NC2(CCCC2)C1=O. The fourth-order valence-corrected chi connectivity index (χ4v) is 3.74. The number of hydrogen-bond donors (Lipinski definition) is 1. The number of ether oxygens (including phenoxy) is 1. The van der Waals surface area contributed by atoms with Crippen molar-refractivity contribution in [3.05, 3.63) is 0 Å². The maximum absolute atomic E-state index is 12.9. The number of carbonyl (C=O) groups excluding carboxylic acids is 2. The summed E-state index contributed by atoms with van der Waals surface area (Å²) in [6.45, 7) is 4.87. The molecule has 3 rings (SSSR count). The fraction of sp³-hybridized carbons (Fsp3) is 0.857. The van der Waals surface area contributed by atoms with Crippen molar-refractivity contribution in [1.82, 2.24) is 10.2 Å². The Morgan fingerprint density at radius 1 is 1.26 bits per heavy atom. The Kier molecular flexibility index (Phi) is 2.85. The van der Waals surface area contributed by atoms with Crippen LogP contribution in [0.4, 0.5) is 0 Å². The van der Waals surface area contributed by atoms with Crippen LogP contribution < -0.4 is 5.32 Å². The third-order valence-electron chi connectivity index (χ3n) is 5.26. The van der Waals surface area contributed by atoms with E-state index in [4.69, 9.17) is 4.74 Å². The molecule has 0 aromatic rings. The minimum atomic E-state index is -0.624. The van der Waals surface area contributed by atoms with Gasteiger partial charge in [-0.15, -0.1) is 0 Å². The molecule has 5 heteroatoms. The molecule has 1 N–H and O–H groups in total. The van der Waals surface area contributed by atoms with Crippen molar-refractivity contribution >= 4 is 11.8 Å². The van der Waals surface area contributed by atoms with Gasteiger partial charge in [-0.2, -0.15) is 0 Å². The van der Waals surface area contributed by atoms with Gasteiger partial charge in [0.25, 0.3) is 0 Å². The lowest BCUT2D eigenvalue weighted by atomic mass is 9.85. The molecule has 0 aromatic carbocycles. The summed E-state index contributed by atoms with van der Waals surface area (Å²) in [5, 5.41) is 2.96. The van der Waals surface area contributed by atoms with Crippen molar-refractivity contribution in [2.45, 2.75) is 63.1 Å². The minimum absolute atomic E-state index is 0.0131. The summed E-state index contributed by atoms with van der Waals surface area (Å²) in [5.74, 6) is 0.0753. The van der Waals surface area contributed by atoms with Crippen molar-refractivity contribution in [2.24, 2.45) is 0 Å². The van der Waals surface area contributed by atoms with Gasteiger partial charge in [-0.25, -0.2) is 0 Å². The molecule has 3 fully saturated rings. The molecule has 1 spiro atoms. The van der Waals surface area contributed by atoms with Crippen LogP contribution in [-0.2, 0) is 14.3 Å². The second-order valence-corrected chi connectivity index (χ2v) is 6.35. The monoisotopic (exact) mass is 266 g/mol. The van der Waals surface area contributed by atoms with Gasteiger partial charge in [-0.05, 0) is 33.1 Å². The van der Waals surface area contributed by atoms with Gasteiger partial charge in [0, 0.05) is 6.61 Å². The summed E-state index contributed by atoms with van der Waals surface area (Å²) in [5.41, 5.74) is -0.967. The average Bonchev–Trinajstić information content (AvgIpc) is 2.94. The predicted octanol–water partition coefficient (Wildman–Crippen LogP) is 0.825. The molecule has 106 valence electrons. The van der Waals surface area contributed by atoms with Gasteiger partial charge in [0.15, 0.2) is 0 Å². The zero-order valence-corrected chi connectivity index (χ0v) is 11.7. The first-order valence-electron chi connectivity index (χ1n) is 7.23. The zero-order valence-electron chi connectivity index (χ0n) is 11.7. The van der Waals surface area contributed by atoms with Crippen molar-refractivity contribution in [3.8, 4) is 0 Å². The molecule has 2 saturated heterocycles. The van der Waals surface area contributed by atoms with Crippen LogP contribution in [0.15, 0.2) is 0 Å². The third-order valence-corrected chi connectivity index (χ3v) is 5.26. The first-order chi connectivity index (χ1) is 8.98. The van der Waals surface area contributed by atoms with Crippen molar-refractivity contribution in [3.63, 3.8) is 0 Å². The van der Waals surface area contributed by atoms with E-state index in [9.17, 15) is 9.59 Å². The molecule has 2 heterocycles. The molecule has 2 amide bonds. The first-order valence-corrected chi connectivity index (χ1v) is 7.23. The Morgan fingerprint density at radius 2 is 1.95 bits per heavy atom. The molecule has 1 saturated carbocycles. The molecule has 2 unspecified atom stereocenters. The highest BCUT2D eigenvalue weighted by molar-refractivity contribution is 5.98. The van der Waals surface area contributed by atoms with E-state index in [2.05, 4.69) is 5.32 Å². The van der Waals surface area contributed by atoms with E-state index in [1.54, 1.807) is 4.90 Å². The van der Waals surface area contributed by atoms with E-state index in [1.807, 2.05) is 13.8 Å². The highest BCUT2D eigenvalue weighted by atomic mass is 16.5. The molecule has 2 atom stereocenters. The number of piperazine rings is 1. The van der Waals surface area contributed by atoms with Crippen LogP contribution in [-0.4, -0.2) is 47.0 Å². The fourth-order valence-electron chi connectivity index (χ4n) is 3.74. The van der Waals surface area contributed by atoms with Gasteiger partial charge in [0.2, 0.25) is 11.8 Å². The Morgan fingerprint density at radius 3 is 2.53 bits per heavy atom. The zero-order chi connectivity index (χ0) is 13.7. The lowest BCUT2D eigenvalue weighted by Gasteiger charge is -2.48. The van der Waals surface area contributed by atoms with Crippen LogP contribution in [0.1, 0.15) is 46.0 Å². The Balaban J connectivity index is 1.92. The molecule has 0 aromatic heterocycles. The number of rotatable bonds is 1. The largest absolute Gasteiger partial charge is 0.376 e. The lowest BCUT2D eigenvalue weighted by molar-refractivity contribution is -0.158. The minimum Gasteiger partial charge on any atom is -0.376 e. The standard InChI is InChI=1S/C14H22N2O3/c1-10-13(2,7-8-19-10)16-9-11(17)15-14(12(16)18)5-3-4-6-14/h10H,3-9H2,1-2H3,(H,15,17). The Labute approximate surface area is 113 Å². The average molecular weight is 266 g/mol. The maximum atomic E-state index is 12.9. The van der Waals surface area contributed by atoms with E-state index >= 15 is 0 Å². The second-order valence-electron chi connectivity index (χ2n) is 6.35. The number of amides is 2. The number of nitrogens with zero attached hydrogens (tertiary/aromatic N) is 1. The van der Waals surface area contributed by atoms with Gasteiger partial charge in [0.05, 0.1) is 11.6 Å². The second kappa shape index (κ2) is 4.20. The van der Waals surface area contributed by atoms with Crippen LogP contribution in [0, 0.1) is 0 Å². The molecule has 0 bridgehead atoms. The number of carbonyl (C=O) groups is 2. The van der Waals surface area contributed by atoms with Crippen LogP contribution in [0.5, 0.6) is 0 Å². The number of hydrogen-bond acceptors (Lipinski definition) is 3. The van der Waals surface area contributed by atoms with Gasteiger partial charge in [0.1, 0.15) is 12.1 Å². The molecule has 1 aliphatic carbocycles. The van der Waals surface area contributed by atoms with Crippen LogP contribution in [0.3, 0.4) is 0 Å². The van der Waals surface area contributed by atoms with E-state index in [-0.39, 0.29) is 30.0 Å². The maximum Gasteiger partial charge on any atom is 0.249 e. The van der Waals surface area contributed by atoms with Gasteiger partial charge >= 0.3 is 0 Å². The molecule has 5 nitrogen and oxygen atoms in total. The first kappa shape index (κ1) is 12.9. The van der Waals surface area contributed by atoms with Crippen molar-refractivity contribution < 1.29 is 14.3 Å². The predicted molar refractivity (Wildman–Crippen MR) is 69.5 cm³/mol. The van der Waals surface area contributed by atoms with Gasteiger partial charge in [-0.1, -0.05) is 12.8 Å². The molecule has 3 aliphatic rings. The summed E-state index contributed by atoms with van der Waals surface area (Å²) in [7, 11) is 0. The summed E-state index contributed by atoms with van der Waals surface area (Å²) < 4.78 is 5.63. The highest BCUT2D eigenvalue weighted by Crippen LogP contribution is 2.39.